The summed E-state index contributed by atoms with van der Waals surface area (Å²) in [4.78, 5) is 22.9. The summed E-state index contributed by atoms with van der Waals surface area (Å²) in [6, 6.07) is 16.0. The van der Waals surface area contributed by atoms with Crippen LogP contribution in [-0.4, -0.2) is 32.5 Å². The van der Waals surface area contributed by atoms with Crippen LogP contribution in [0.5, 0.6) is 0 Å². The number of likely N-dealkylation sites (tertiary alicyclic amines) is 1. The first-order valence-electron chi connectivity index (χ1n) is 8.82. The third kappa shape index (κ3) is 3.79. The van der Waals surface area contributed by atoms with Crippen LogP contribution in [-0.2, 0) is 24.2 Å². The lowest BCUT2D eigenvalue weighted by molar-refractivity contribution is -0.128. The third-order valence-corrected chi connectivity index (χ3v) is 4.61. The van der Waals surface area contributed by atoms with Gasteiger partial charge in [-0.05, 0) is 24.1 Å². The van der Waals surface area contributed by atoms with E-state index in [0.717, 1.165) is 18.5 Å². The van der Waals surface area contributed by atoms with Crippen LogP contribution in [0.2, 0.25) is 0 Å². The van der Waals surface area contributed by atoms with Crippen molar-refractivity contribution in [2.45, 2.75) is 31.7 Å². The zero-order valence-corrected chi connectivity index (χ0v) is 14.4. The van der Waals surface area contributed by atoms with Crippen LogP contribution in [0.4, 0.5) is 0 Å². The maximum Gasteiger partial charge on any atom is 0.232 e. The fourth-order valence-electron chi connectivity index (χ4n) is 3.21. The molecule has 1 aromatic carbocycles. The molecule has 6 heteroatoms. The fourth-order valence-corrected chi connectivity index (χ4v) is 3.21. The van der Waals surface area contributed by atoms with Gasteiger partial charge in [0, 0.05) is 25.6 Å². The van der Waals surface area contributed by atoms with E-state index < -0.39 is 0 Å². The maximum absolute atomic E-state index is 12.3. The molecule has 1 aliphatic rings. The molecule has 4 rings (SSSR count). The van der Waals surface area contributed by atoms with Crippen LogP contribution in [0.3, 0.4) is 0 Å². The molecular formula is C20H20N4O2. The molecule has 2 aromatic heterocycles. The number of hydrogen-bond donors (Lipinski definition) is 0. The molecule has 26 heavy (non-hydrogen) atoms. The van der Waals surface area contributed by atoms with Crippen molar-refractivity contribution in [1.82, 2.24) is 20.0 Å². The second-order valence-electron chi connectivity index (χ2n) is 6.53. The van der Waals surface area contributed by atoms with Crippen molar-refractivity contribution in [1.29, 1.82) is 0 Å². The van der Waals surface area contributed by atoms with Gasteiger partial charge in [0.05, 0.1) is 18.2 Å². The molecule has 0 bridgehead atoms. The molecular weight excluding hydrogens is 328 g/mol. The maximum atomic E-state index is 12.3. The summed E-state index contributed by atoms with van der Waals surface area (Å²) in [7, 11) is 0. The number of rotatable bonds is 6. The molecule has 1 saturated heterocycles. The van der Waals surface area contributed by atoms with E-state index in [-0.39, 0.29) is 11.8 Å². The summed E-state index contributed by atoms with van der Waals surface area (Å²) < 4.78 is 5.43. The van der Waals surface area contributed by atoms with Gasteiger partial charge in [0.1, 0.15) is 0 Å². The number of amides is 1. The predicted molar refractivity (Wildman–Crippen MR) is 95.2 cm³/mol. The summed E-state index contributed by atoms with van der Waals surface area (Å²) >= 11 is 0. The van der Waals surface area contributed by atoms with Crippen molar-refractivity contribution in [2.75, 3.05) is 6.54 Å². The van der Waals surface area contributed by atoms with E-state index in [4.69, 9.17) is 4.52 Å². The van der Waals surface area contributed by atoms with Gasteiger partial charge in [-0.15, -0.1) is 0 Å². The van der Waals surface area contributed by atoms with Crippen molar-refractivity contribution in [3.63, 3.8) is 0 Å². The van der Waals surface area contributed by atoms with E-state index in [1.165, 1.54) is 5.56 Å². The van der Waals surface area contributed by atoms with Gasteiger partial charge in [0.2, 0.25) is 11.8 Å². The average molecular weight is 348 g/mol. The van der Waals surface area contributed by atoms with Crippen molar-refractivity contribution in [2.24, 2.45) is 0 Å². The fraction of sp³-hybridized carbons (Fsp3) is 0.300. The molecule has 1 fully saturated rings. The number of nitrogens with zero attached hydrogens (tertiary/aromatic N) is 4. The quantitative estimate of drug-likeness (QED) is 0.685. The monoisotopic (exact) mass is 348 g/mol. The van der Waals surface area contributed by atoms with Gasteiger partial charge in [-0.3, -0.25) is 9.78 Å². The number of hydrogen-bond acceptors (Lipinski definition) is 5. The second kappa shape index (κ2) is 7.47. The highest BCUT2D eigenvalue weighted by Gasteiger charge is 2.34. The Morgan fingerprint density at radius 3 is 2.73 bits per heavy atom. The Balaban J connectivity index is 1.36. The van der Waals surface area contributed by atoms with Gasteiger partial charge in [-0.25, -0.2) is 0 Å². The van der Waals surface area contributed by atoms with E-state index in [9.17, 15) is 4.79 Å². The van der Waals surface area contributed by atoms with Crippen LogP contribution in [0.1, 0.15) is 35.3 Å². The Morgan fingerprint density at radius 1 is 1.08 bits per heavy atom. The topological polar surface area (TPSA) is 72.1 Å². The average Bonchev–Trinajstić information content (AvgIpc) is 3.29. The molecule has 132 valence electrons. The minimum Gasteiger partial charge on any atom is -0.339 e. The number of carbonyl (C=O) groups is 1. The summed E-state index contributed by atoms with van der Waals surface area (Å²) in [6.45, 7) is 1.11. The zero-order valence-electron chi connectivity index (χ0n) is 14.4. The van der Waals surface area contributed by atoms with Crippen molar-refractivity contribution in [3.8, 4) is 0 Å². The van der Waals surface area contributed by atoms with E-state index in [2.05, 4.69) is 27.3 Å². The van der Waals surface area contributed by atoms with E-state index in [1.54, 1.807) is 11.1 Å². The molecule has 0 spiro atoms. The second-order valence-corrected chi connectivity index (χ2v) is 6.53. The normalized spacial score (nSPS) is 17.0. The lowest BCUT2D eigenvalue weighted by Gasteiger charge is -2.15. The van der Waals surface area contributed by atoms with E-state index >= 15 is 0 Å². The molecule has 0 unspecified atom stereocenters. The summed E-state index contributed by atoms with van der Waals surface area (Å²) in [5, 5.41) is 4.08. The molecule has 0 radical (unpaired) electrons. The predicted octanol–water partition coefficient (Wildman–Crippen LogP) is 2.77. The first-order chi connectivity index (χ1) is 12.8. The SMILES string of the molecule is O=C1C[C@@H](c2nc(CCc3ccccc3)no2)CN1Cc1ccccn1. The van der Waals surface area contributed by atoms with E-state index in [0.29, 0.717) is 31.2 Å². The largest absolute Gasteiger partial charge is 0.339 e. The van der Waals surface area contributed by atoms with Crippen LogP contribution >= 0.6 is 0 Å². The van der Waals surface area contributed by atoms with E-state index in [1.807, 2.05) is 36.4 Å². The highest BCUT2D eigenvalue weighted by atomic mass is 16.5. The van der Waals surface area contributed by atoms with Gasteiger partial charge < -0.3 is 9.42 Å². The highest BCUT2D eigenvalue weighted by Crippen LogP contribution is 2.28. The van der Waals surface area contributed by atoms with Crippen LogP contribution in [0.25, 0.3) is 0 Å². The van der Waals surface area contributed by atoms with Gasteiger partial charge in [0.15, 0.2) is 5.82 Å². The van der Waals surface area contributed by atoms with Gasteiger partial charge in [0.25, 0.3) is 0 Å². The molecule has 1 atom stereocenters. The summed E-state index contributed by atoms with van der Waals surface area (Å²) in [6.07, 6.45) is 3.75. The van der Waals surface area contributed by atoms with Crippen LogP contribution < -0.4 is 0 Å². The first-order valence-corrected chi connectivity index (χ1v) is 8.82. The molecule has 3 heterocycles. The number of benzene rings is 1. The van der Waals surface area contributed by atoms with Crippen LogP contribution in [0.15, 0.2) is 59.3 Å². The van der Waals surface area contributed by atoms with Crippen molar-refractivity contribution >= 4 is 5.91 Å². The Kier molecular flexibility index (Phi) is 4.73. The molecule has 0 N–H and O–H groups in total. The lowest BCUT2D eigenvalue weighted by Crippen LogP contribution is -2.24. The van der Waals surface area contributed by atoms with Crippen molar-refractivity contribution < 1.29 is 9.32 Å². The molecule has 6 nitrogen and oxygen atoms in total. The molecule has 0 aliphatic carbocycles. The van der Waals surface area contributed by atoms with Crippen molar-refractivity contribution in [3.05, 3.63) is 77.7 Å². The Labute approximate surface area is 151 Å². The molecule has 1 amide bonds. The smallest absolute Gasteiger partial charge is 0.232 e. The standard InChI is InChI=1S/C20H20N4O2/c25-19-12-16(13-24(19)14-17-8-4-5-11-21-17)20-22-18(23-26-20)10-9-15-6-2-1-3-7-15/h1-8,11,16H,9-10,12-14H2/t16-/m1/s1. The van der Waals surface area contributed by atoms with Gasteiger partial charge in [-0.2, -0.15) is 4.98 Å². The Morgan fingerprint density at radius 2 is 1.92 bits per heavy atom. The first kappa shape index (κ1) is 16.4. The molecule has 1 aliphatic heterocycles. The van der Waals surface area contributed by atoms with Crippen LogP contribution in [0, 0.1) is 0 Å². The Bertz CT molecular complexity index is 864. The summed E-state index contributed by atoms with van der Waals surface area (Å²) in [5.74, 6) is 1.32. The number of carbonyl (C=O) groups excluding carboxylic acids is 1. The molecule has 0 saturated carbocycles. The highest BCUT2D eigenvalue weighted by molar-refractivity contribution is 5.79. The minimum absolute atomic E-state index is 0.0378. The summed E-state index contributed by atoms with van der Waals surface area (Å²) in [5.41, 5.74) is 2.13. The third-order valence-electron chi connectivity index (χ3n) is 4.61. The number of aryl methyl sites for hydroxylation is 2. The Hall–Kier alpha value is -3.02. The number of pyridine rings is 1. The minimum atomic E-state index is -0.0378. The lowest BCUT2D eigenvalue weighted by atomic mass is 10.1. The van der Waals surface area contributed by atoms with Gasteiger partial charge in [-0.1, -0.05) is 41.6 Å². The zero-order chi connectivity index (χ0) is 17.8. The number of aromatic nitrogens is 3. The van der Waals surface area contributed by atoms with Gasteiger partial charge >= 0.3 is 0 Å². The molecule has 3 aromatic rings.